The van der Waals surface area contributed by atoms with Crippen LogP contribution < -0.4 is 5.32 Å². The highest BCUT2D eigenvalue weighted by Crippen LogP contribution is 2.27. The molecule has 1 saturated heterocycles. The van der Waals surface area contributed by atoms with E-state index in [0.29, 0.717) is 18.0 Å². The van der Waals surface area contributed by atoms with Gasteiger partial charge in [0.1, 0.15) is 10.7 Å². The lowest BCUT2D eigenvalue weighted by atomic mass is 9.97. The van der Waals surface area contributed by atoms with Gasteiger partial charge in [0.2, 0.25) is 15.9 Å². The molecular weight excluding hydrogens is 389 g/mol. The minimum atomic E-state index is -3.89. The predicted octanol–water partition coefficient (Wildman–Crippen LogP) is 3.19. The molecule has 27 heavy (non-hydrogen) atoms. The van der Waals surface area contributed by atoms with Crippen LogP contribution >= 0.6 is 11.3 Å². The molecule has 1 amide bonds. The zero-order chi connectivity index (χ0) is 19.6. The Bertz CT molecular complexity index is 935. The van der Waals surface area contributed by atoms with Crippen LogP contribution in [0.3, 0.4) is 0 Å². The van der Waals surface area contributed by atoms with Gasteiger partial charge in [0.05, 0.1) is 5.69 Å². The standard InChI is InChI=1S/C18H22FN3O3S2/c1-3-15-12(2)26-18(20-15)21-17(23)13-8-10-22(11-9-13)27(24,25)16-7-5-4-6-14(16)19/h4-7,13H,3,8-11H2,1-2H3,(H,20,21,23). The zero-order valence-electron chi connectivity index (χ0n) is 15.2. The van der Waals surface area contributed by atoms with Gasteiger partial charge in [-0.25, -0.2) is 17.8 Å². The van der Waals surface area contributed by atoms with Crippen molar-refractivity contribution >= 4 is 32.4 Å². The van der Waals surface area contributed by atoms with E-state index in [1.807, 2.05) is 13.8 Å². The molecule has 0 spiro atoms. The second-order valence-electron chi connectivity index (χ2n) is 6.47. The molecule has 0 aliphatic carbocycles. The lowest BCUT2D eigenvalue weighted by Gasteiger charge is -2.30. The number of hydrogen-bond donors (Lipinski definition) is 1. The number of piperidine rings is 1. The van der Waals surface area contributed by atoms with Gasteiger partial charge in [0.25, 0.3) is 0 Å². The van der Waals surface area contributed by atoms with Crippen molar-refractivity contribution in [3.05, 3.63) is 40.7 Å². The number of carbonyl (C=O) groups excluding carboxylic acids is 1. The van der Waals surface area contributed by atoms with Crippen LogP contribution in [0.4, 0.5) is 9.52 Å². The molecule has 0 unspecified atom stereocenters. The Hall–Kier alpha value is -1.84. The predicted molar refractivity (Wildman–Crippen MR) is 103 cm³/mol. The Kier molecular flexibility index (Phi) is 5.92. The minimum Gasteiger partial charge on any atom is -0.302 e. The van der Waals surface area contributed by atoms with E-state index in [1.54, 1.807) is 0 Å². The third-order valence-corrected chi connectivity index (χ3v) is 7.60. The molecule has 9 heteroatoms. The number of anilines is 1. The quantitative estimate of drug-likeness (QED) is 0.819. The lowest BCUT2D eigenvalue weighted by Crippen LogP contribution is -2.41. The first-order chi connectivity index (χ1) is 12.8. The molecule has 1 aromatic carbocycles. The zero-order valence-corrected chi connectivity index (χ0v) is 16.9. The summed E-state index contributed by atoms with van der Waals surface area (Å²) < 4.78 is 40.4. The van der Waals surface area contributed by atoms with Gasteiger partial charge in [-0.05, 0) is 38.3 Å². The van der Waals surface area contributed by atoms with Crippen LogP contribution in [0.15, 0.2) is 29.2 Å². The van der Waals surface area contributed by atoms with Crippen molar-refractivity contribution in [1.82, 2.24) is 9.29 Å². The fourth-order valence-electron chi connectivity index (χ4n) is 3.17. The average Bonchev–Trinajstić information content (AvgIpc) is 3.01. The fourth-order valence-corrected chi connectivity index (χ4v) is 5.61. The van der Waals surface area contributed by atoms with Gasteiger partial charge in [-0.1, -0.05) is 19.1 Å². The van der Waals surface area contributed by atoms with Crippen molar-refractivity contribution in [3.63, 3.8) is 0 Å². The number of thiazole rings is 1. The molecule has 2 heterocycles. The number of aromatic nitrogens is 1. The third-order valence-electron chi connectivity index (χ3n) is 4.74. The Labute approximate surface area is 162 Å². The van der Waals surface area contributed by atoms with Crippen molar-refractivity contribution in [2.24, 2.45) is 5.92 Å². The number of amides is 1. The summed E-state index contributed by atoms with van der Waals surface area (Å²) in [5.41, 5.74) is 0.973. The molecule has 0 radical (unpaired) electrons. The van der Waals surface area contributed by atoms with Gasteiger partial charge in [-0.3, -0.25) is 4.79 Å². The Morgan fingerprint density at radius 2 is 2.00 bits per heavy atom. The van der Waals surface area contributed by atoms with E-state index < -0.39 is 15.8 Å². The van der Waals surface area contributed by atoms with Crippen molar-refractivity contribution < 1.29 is 17.6 Å². The molecule has 1 aliphatic rings. The highest BCUT2D eigenvalue weighted by molar-refractivity contribution is 7.89. The van der Waals surface area contributed by atoms with E-state index in [2.05, 4.69) is 10.3 Å². The van der Waals surface area contributed by atoms with Gasteiger partial charge in [0.15, 0.2) is 5.13 Å². The lowest BCUT2D eigenvalue weighted by molar-refractivity contribution is -0.120. The Morgan fingerprint density at radius 3 is 2.59 bits per heavy atom. The number of aryl methyl sites for hydroxylation is 2. The van der Waals surface area contributed by atoms with Crippen molar-refractivity contribution in [2.45, 2.75) is 38.0 Å². The number of rotatable bonds is 5. The maximum Gasteiger partial charge on any atom is 0.245 e. The first-order valence-corrected chi connectivity index (χ1v) is 11.1. The van der Waals surface area contributed by atoms with Gasteiger partial charge in [0, 0.05) is 23.9 Å². The van der Waals surface area contributed by atoms with Crippen molar-refractivity contribution in [2.75, 3.05) is 18.4 Å². The van der Waals surface area contributed by atoms with Crippen LogP contribution in [-0.2, 0) is 21.2 Å². The normalized spacial score (nSPS) is 16.4. The summed E-state index contributed by atoms with van der Waals surface area (Å²) in [6.07, 6.45) is 1.60. The number of sulfonamides is 1. The van der Waals surface area contributed by atoms with E-state index in [9.17, 15) is 17.6 Å². The van der Waals surface area contributed by atoms with Crippen LogP contribution in [0.1, 0.15) is 30.3 Å². The van der Waals surface area contributed by atoms with Crippen molar-refractivity contribution in [1.29, 1.82) is 0 Å². The highest BCUT2D eigenvalue weighted by atomic mass is 32.2. The minimum absolute atomic E-state index is 0.144. The number of hydrogen-bond acceptors (Lipinski definition) is 5. The first-order valence-electron chi connectivity index (χ1n) is 8.84. The van der Waals surface area contributed by atoms with Crippen LogP contribution in [0.2, 0.25) is 0 Å². The number of benzene rings is 1. The summed E-state index contributed by atoms with van der Waals surface area (Å²) in [6.45, 7) is 4.36. The maximum atomic E-state index is 13.9. The van der Waals surface area contributed by atoms with Crippen LogP contribution in [0, 0.1) is 18.7 Å². The average molecular weight is 412 g/mol. The molecule has 6 nitrogen and oxygen atoms in total. The molecule has 1 N–H and O–H groups in total. The molecule has 3 rings (SSSR count). The van der Waals surface area contributed by atoms with Gasteiger partial charge in [-0.15, -0.1) is 11.3 Å². The molecule has 0 saturated carbocycles. The summed E-state index contributed by atoms with van der Waals surface area (Å²) in [6, 6.07) is 5.35. The second-order valence-corrected chi connectivity index (χ2v) is 9.58. The van der Waals surface area contributed by atoms with E-state index in [1.165, 1.54) is 33.8 Å². The Balaban J connectivity index is 1.63. The summed E-state index contributed by atoms with van der Waals surface area (Å²) in [5.74, 6) is -1.19. The van der Waals surface area contributed by atoms with Gasteiger partial charge >= 0.3 is 0 Å². The molecular formula is C18H22FN3O3S2. The molecule has 0 atom stereocenters. The summed E-state index contributed by atoms with van der Waals surface area (Å²) >= 11 is 1.44. The van der Waals surface area contributed by atoms with Gasteiger partial charge in [-0.2, -0.15) is 4.31 Å². The van der Waals surface area contributed by atoms with E-state index >= 15 is 0 Å². The van der Waals surface area contributed by atoms with Crippen LogP contribution in [-0.4, -0.2) is 36.7 Å². The molecule has 1 fully saturated rings. The molecule has 1 aliphatic heterocycles. The number of halogens is 1. The van der Waals surface area contributed by atoms with Gasteiger partial charge < -0.3 is 5.32 Å². The van der Waals surface area contributed by atoms with E-state index in [0.717, 1.165) is 23.1 Å². The summed E-state index contributed by atoms with van der Waals surface area (Å²) in [5, 5.41) is 3.42. The molecule has 2 aromatic rings. The van der Waals surface area contributed by atoms with E-state index in [4.69, 9.17) is 0 Å². The van der Waals surface area contributed by atoms with Crippen LogP contribution in [0.5, 0.6) is 0 Å². The number of nitrogens with one attached hydrogen (secondary N) is 1. The largest absolute Gasteiger partial charge is 0.302 e. The first kappa shape index (κ1) is 19.9. The number of nitrogens with zero attached hydrogens (tertiary/aromatic N) is 2. The molecule has 146 valence electrons. The number of carbonyl (C=O) groups is 1. The Morgan fingerprint density at radius 1 is 1.33 bits per heavy atom. The van der Waals surface area contributed by atoms with E-state index in [-0.39, 0.29) is 29.8 Å². The SMILES string of the molecule is CCc1nc(NC(=O)C2CCN(S(=O)(=O)c3ccccc3F)CC2)sc1C. The van der Waals surface area contributed by atoms with Crippen LogP contribution in [0.25, 0.3) is 0 Å². The molecule has 0 bridgehead atoms. The highest BCUT2D eigenvalue weighted by Gasteiger charge is 2.33. The third kappa shape index (κ3) is 4.20. The smallest absolute Gasteiger partial charge is 0.245 e. The second kappa shape index (κ2) is 8.04. The summed E-state index contributed by atoms with van der Waals surface area (Å²) in [7, 11) is -3.89. The summed E-state index contributed by atoms with van der Waals surface area (Å²) in [4.78, 5) is 17.7. The maximum absolute atomic E-state index is 13.9. The topological polar surface area (TPSA) is 79.4 Å². The molecule has 1 aromatic heterocycles. The fraction of sp³-hybridized carbons (Fsp3) is 0.444. The monoisotopic (exact) mass is 411 g/mol. The van der Waals surface area contributed by atoms with Crippen molar-refractivity contribution in [3.8, 4) is 0 Å².